The molecule has 0 aromatic carbocycles. The van der Waals surface area contributed by atoms with Crippen LogP contribution in [0.5, 0.6) is 0 Å². The number of hydrogen-bond acceptors (Lipinski definition) is 4. The lowest BCUT2D eigenvalue weighted by Crippen LogP contribution is -2.60. The number of fused-ring (bicyclic) bond motifs is 5. The summed E-state index contributed by atoms with van der Waals surface area (Å²) < 4.78 is 5.16. The van der Waals surface area contributed by atoms with Crippen molar-refractivity contribution in [2.75, 3.05) is 0 Å². The van der Waals surface area contributed by atoms with Crippen LogP contribution in [0.4, 0.5) is 0 Å². The minimum Gasteiger partial charge on any atom is -0.431 e. The average Bonchev–Trinajstić information content (AvgIpc) is 2.95. The largest absolute Gasteiger partial charge is 0.431 e. The molecule has 2 N–H and O–H groups in total. The smallest absolute Gasteiger partial charge is 0.335 e. The molecule has 4 aliphatic carbocycles. The van der Waals surface area contributed by atoms with E-state index in [1.807, 2.05) is 6.07 Å². The molecule has 4 aliphatic rings. The topological polar surface area (TPSA) is 70.7 Å². The molecule has 1 heterocycles. The molecular formula is C24H32O4. The van der Waals surface area contributed by atoms with E-state index < -0.39 is 5.60 Å². The first-order chi connectivity index (χ1) is 13.3. The molecular weight excluding hydrogens is 352 g/mol. The molecule has 7 atom stereocenters. The highest BCUT2D eigenvalue weighted by Crippen LogP contribution is 2.70. The maximum absolute atomic E-state index is 12.1. The van der Waals surface area contributed by atoms with Gasteiger partial charge in [0.25, 0.3) is 0 Å². The first-order valence-electron chi connectivity index (χ1n) is 11.0. The summed E-state index contributed by atoms with van der Waals surface area (Å²) in [6.45, 7) is 4.65. The van der Waals surface area contributed by atoms with E-state index in [4.69, 9.17) is 4.42 Å². The summed E-state index contributed by atoms with van der Waals surface area (Å²) in [5.41, 5.74) is 1.45. The van der Waals surface area contributed by atoms with E-state index in [1.54, 1.807) is 6.26 Å². The molecule has 0 amide bonds. The molecule has 152 valence electrons. The highest BCUT2D eigenvalue weighted by Gasteiger charge is 2.66. The molecule has 4 heteroatoms. The molecule has 0 aliphatic heterocycles. The molecule has 28 heavy (non-hydrogen) atoms. The Balaban J connectivity index is 1.51. The second kappa shape index (κ2) is 6.06. The van der Waals surface area contributed by atoms with E-state index in [-0.39, 0.29) is 28.5 Å². The van der Waals surface area contributed by atoms with Crippen LogP contribution in [0.15, 0.2) is 39.3 Å². The number of aliphatic hydroxyl groups is 2. The number of allylic oxidation sites excluding steroid dienone is 1. The number of rotatable bonds is 1. The van der Waals surface area contributed by atoms with Crippen LogP contribution >= 0.6 is 0 Å². The monoisotopic (exact) mass is 384 g/mol. The van der Waals surface area contributed by atoms with Crippen molar-refractivity contribution in [3.63, 3.8) is 0 Å². The number of hydrogen-bond donors (Lipinski definition) is 2. The van der Waals surface area contributed by atoms with Crippen molar-refractivity contribution < 1.29 is 14.6 Å². The Morgan fingerprint density at radius 2 is 1.86 bits per heavy atom. The van der Waals surface area contributed by atoms with E-state index in [9.17, 15) is 15.0 Å². The third-order valence-corrected chi connectivity index (χ3v) is 9.40. The van der Waals surface area contributed by atoms with Gasteiger partial charge in [-0.25, -0.2) is 4.79 Å². The maximum Gasteiger partial charge on any atom is 0.335 e. The quantitative estimate of drug-likeness (QED) is 0.713. The van der Waals surface area contributed by atoms with Gasteiger partial charge in [0.15, 0.2) is 0 Å². The molecule has 2 unspecified atom stereocenters. The van der Waals surface area contributed by atoms with Crippen molar-refractivity contribution in [3.05, 3.63) is 46.0 Å². The van der Waals surface area contributed by atoms with Crippen molar-refractivity contribution in [1.82, 2.24) is 0 Å². The molecule has 5 rings (SSSR count). The summed E-state index contributed by atoms with van der Waals surface area (Å²) >= 11 is 0. The van der Waals surface area contributed by atoms with E-state index >= 15 is 0 Å². The highest BCUT2D eigenvalue weighted by molar-refractivity contribution is 5.31. The zero-order chi connectivity index (χ0) is 19.7. The predicted molar refractivity (Wildman–Crippen MR) is 107 cm³/mol. The van der Waals surface area contributed by atoms with Crippen LogP contribution in [0.25, 0.3) is 0 Å². The SMILES string of the molecule is C[C@]12CC[C@H](O)C=C1CCC1C2CC[C@]2(C)[C@@H](c3ccc(=O)oc3)CC[C@]12O. The normalized spacial score (nSPS) is 47.6. The second-order valence-electron chi connectivity index (χ2n) is 10.3. The van der Waals surface area contributed by atoms with E-state index in [0.717, 1.165) is 56.9 Å². The van der Waals surface area contributed by atoms with Crippen molar-refractivity contribution in [2.24, 2.45) is 22.7 Å². The molecule has 3 saturated carbocycles. The minimum atomic E-state index is -0.665. The Kier molecular flexibility index (Phi) is 4.03. The van der Waals surface area contributed by atoms with Crippen LogP contribution in [0, 0.1) is 22.7 Å². The van der Waals surface area contributed by atoms with E-state index in [1.165, 1.54) is 11.6 Å². The van der Waals surface area contributed by atoms with Gasteiger partial charge in [-0.05, 0) is 86.2 Å². The van der Waals surface area contributed by atoms with Crippen LogP contribution in [-0.2, 0) is 0 Å². The second-order valence-corrected chi connectivity index (χ2v) is 10.3. The van der Waals surface area contributed by atoms with Gasteiger partial charge in [0.2, 0.25) is 0 Å². The fourth-order valence-corrected chi connectivity index (χ4v) is 7.78. The minimum absolute atomic E-state index is 0.122. The first kappa shape index (κ1) is 18.6. The van der Waals surface area contributed by atoms with Crippen molar-refractivity contribution in [1.29, 1.82) is 0 Å². The predicted octanol–water partition coefficient (Wildman–Crippen LogP) is 4.16. The zero-order valence-electron chi connectivity index (χ0n) is 17.0. The van der Waals surface area contributed by atoms with Crippen LogP contribution < -0.4 is 5.63 Å². The first-order valence-corrected chi connectivity index (χ1v) is 11.0. The van der Waals surface area contributed by atoms with Crippen LogP contribution in [0.1, 0.15) is 76.7 Å². The van der Waals surface area contributed by atoms with Gasteiger partial charge in [-0.1, -0.05) is 25.5 Å². The molecule has 0 radical (unpaired) electrons. The third kappa shape index (κ3) is 2.34. The van der Waals surface area contributed by atoms with Gasteiger partial charge < -0.3 is 14.6 Å². The van der Waals surface area contributed by atoms with E-state index in [0.29, 0.717) is 11.8 Å². The standard InChI is InChI=1S/C24H32O4/c1-22-10-7-17(25)13-16(22)4-5-20-19(22)8-11-23(2)18(9-12-24(20,23)27)15-3-6-21(26)28-14-15/h3,6,13-14,17-20,25,27H,4-5,7-12H2,1-2H3/t17-,18+,19?,20?,22-,23+,24-/m0/s1. The fraction of sp³-hybridized carbons (Fsp3) is 0.708. The van der Waals surface area contributed by atoms with Gasteiger partial charge in [0.1, 0.15) is 0 Å². The Morgan fingerprint density at radius 3 is 2.61 bits per heavy atom. The summed E-state index contributed by atoms with van der Waals surface area (Å²) in [5, 5.41) is 22.3. The molecule has 1 aromatic rings. The molecule has 0 spiro atoms. The van der Waals surface area contributed by atoms with Crippen molar-refractivity contribution in [2.45, 2.75) is 82.8 Å². The lowest BCUT2D eigenvalue weighted by Gasteiger charge is -2.61. The van der Waals surface area contributed by atoms with Gasteiger partial charge in [-0.2, -0.15) is 0 Å². The van der Waals surface area contributed by atoms with Gasteiger partial charge in [-0.3, -0.25) is 0 Å². The summed E-state index contributed by atoms with van der Waals surface area (Å²) in [4.78, 5) is 11.4. The third-order valence-electron chi connectivity index (χ3n) is 9.40. The lowest BCUT2D eigenvalue weighted by molar-refractivity contribution is -0.178. The molecule has 3 fully saturated rings. The lowest BCUT2D eigenvalue weighted by atomic mass is 9.45. The van der Waals surface area contributed by atoms with Gasteiger partial charge in [0.05, 0.1) is 18.0 Å². The maximum atomic E-state index is 12.1. The van der Waals surface area contributed by atoms with Crippen LogP contribution in [0.2, 0.25) is 0 Å². The van der Waals surface area contributed by atoms with Gasteiger partial charge in [0, 0.05) is 11.5 Å². The summed E-state index contributed by atoms with van der Waals surface area (Å²) in [7, 11) is 0. The number of aliphatic hydroxyl groups excluding tert-OH is 1. The summed E-state index contributed by atoms with van der Waals surface area (Å²) in [6.07, 6.45) is 11.2. The molecule has 1 aromatic heterocycles. The zero-order valence-corrected chi connectivity index (χ0v) is 17.0. The summed E-state index contributed by atoms with van der Waals surface area (Å²) in [5.74, 6) is 1.04. The fourth-order valence-electron chi connectivity index (χ4n) is 7.78. The van der Waals surface area contributed by atoms with Gasteiger partial charge in [-0.15, -0.1) is 0 Å². The summed E-state index contributed by atoms with van der Waals surface area (Å²) in [6, 6.07) is 3.40. The Hall–Kier alpha value is -1.39. The van der Waals surface area contributed by atoms with Crippen molar-refractivity contribution >= 4 is 0 Å². The van der Waals surface area contributed by atoms with Crippen LogP contribution in [0.3, 0.4) is 0 Å². The van der Waals surface area contributed by atoms with Gasteiger partial charge >= 0.3 is 5.63 Å². The Bertz CT molecular complexity index is 851. The van der Waals surface area contributed by atoms with Crippen LogP contribution in [-0.4, -0.2) is 21.9 Å². The molecule has 0 saturated heterocycles. The Labute approximate surface area is 166 Å². The average molecular weight is 385 g/mol. The Morgan fingerprint density at radius 1 is 1.04 bits per heavy atom. The van der Waals surface area contributed by atoms with E-state index in [2.05, 4.69) is 19.9 Å². The molecule has 0 bridgehead atoms. The highest BCUT2D eigenvalue weighted by atomic mass is 16.4. The van der Waals surface area contributed by atoms with Crippen molar-refractivity contribution in [3.8, 4) is 0 Å². The molecule has 4 nitrogen and oxygen atoms in total.